The van der Waals surface area contributed by atoms with Crippen LogP contribution in [0, 0.1) is 5.92 Å². The van der Waals surface area contributed by atoms with Gasteiger partial charge in [-0.3, -0.25) is 4.98 Å². The van der Waals surface area contributed by atoms with Crippen LogP contribution in [0.2, 0.25) is 0 Å². The van der Waals surface area contributed by atoms with Crippen molar-refractivity contribution >= 4 is 0 Å². The fraction of sp³-hybridized carbons (Fsp3) is 0.615. The molecule has 1 rings (SSSR count). The van der Waals surface area contributed by atoms with Crippen molar-refractivity contribution < 1.29 is 4.74 Å². The van der Waals surface area contributed by atoms with Gasteiger partial charge >= 0.3 is 0 Å². The van der Waals surface area contributed by atoms with Gasteiger partial charge < -0.3 is 4.74 Å². The van der Waals surface area contributed by atoms with Gasteiger partial charge in [0.25, 0.3) is 0 Å². The monoisotopic (exact) mass is 207 g/mol. The van der Waals surface area contributed by atoms with Crippen molar-refractivity contribution in [2.75, 3.05) is 0 Å². The van der Waals surface area contributed by atoms with E-state index in [-0.39, 0.29) is 6.10 Å². The van der Waals surface area contributed by atoms with Gasteiger partial charge in [-0.05, 0) is 31.4 Å². The molecule has 2 nitrogen and oxygen atoms in total. The molecule has 1 heterocycles. The summed E-state index contributed by atoms with van der Waals surface area (Å²) in [6, 6.07) is 4.06. The highest BCUT2D eigenvalue weighted by Crippen LogP contribution is 2.15. The van der Waals surface area contributed by atoms with E-state index in [1.165, 1.54) is 0 Å². The molecular formula is C13H21NO. The van der Waals surface area contributed by atoms with Gasteiger partial charge in [0.1, 0.15) is 5.75 Å². The molecule has 0 spiro atoms. The van der Waals surface area contributed by atoms with Crippen LogP contribution in [0.1, 0.15) is 39.8 Å². The average molecular weight is 207 g/mol. The molecule has 0 amide bonds. The van der Waals surface area contributed by atoms with E-state index in [4.69, 9.17) is 4.74 Å². The summed E-state index contributed by atoms with van der Waals surface area (Å²) >= 11 is 0. The van der Waals surface area contributed by atoms with Crippen LogP contribution in [0.5, 0.6) is 5.75 Å². The summed E-state index contributed by atoms with van der Waals surface area (Å²) in [5.41, 5.74) is 1.14. The minimum absolute atomic E-state index is 0.240. The molecule has 0 aromatic carbocycles. The molecule has 1 aromatic heterocycles. The highest BCUT2D eigenvalue weighted by atomic mass is 16.5. The number of nitrogens with zero attached hydrogens (tertiary/aromatic N) is 1. The summed E-state index contributed by atoms with van der Waals surface area (Å²) in [7, 11) is 0. The molecule has 0 radical (unpaired) electrons. The summed E-state index contributed by atoms with van der Waals surface area (Å²) in [6.07, 6.45) is 4.24. The molecule has 0 fully saturated rings. The first kappa shape index (κ1) is 12.0. The Balaban J connectivity index is 2.56. The summed E-state index contributed by atoms with van der Waals surface area (Å²) in [4.78, 5) is 4.36. The summed E-state index contributed by atoms with van der Waals surface area (Å²) < 4.78 is 5.75. The quantitative estimate of drug-likeness (QED) is 0.737. The van der Waals surface area contributed by atoms with E-state index < -0.39 is 0 Å². The lowest BCUT2D eigenvalue weighted by Crippen LogP contribution is -2.18. The second kappa shape index (κ2) is 5.74. The Morgan fingerprint density at radius 3 is 2.47 bits per heavy atom. The molecule has 0 aliphatic heterocycles. The third-order valence-corrected chi connectivity index (χ3v) is 2.56. The normalized spacial score (nSPS) is 12.9. The standard InChI is InChI=1S/C13H21NO/c1-5-6-12-7-8-13(9-14-12)15-11(4)10(2)3/h7-11H,5-6H2,1-4H3. The van der Waals surface area contributed by atoms with Crippen LogP contribution in [0.15, 0.2) is 18.3 Å². The number of hydrogen-bond acceptors (Lipinski definition) is 2. The van der Waals surface area contributed by atoms with Crippen LogP contribution in [0.4, 0.5) is 0 Å². The Bertz CT molecular complexity index is 279. The van der Waals surface area contributed by atoms with E-state index in [9.17, 15) is 0 Å². The van der Waals surface area contributed by atoms with Gasteiger partial charge in [0.15, 0.2) is 0 Å². The maximum absolute atomic E-state index is 5.75. The van der Waals surface area contributed by atoms with Gasteiger partial charge in [-0.2, -0.15) is 0 Å². The molecule has 1 unspecified atom stereocenters. The van der Waals surface area contributed by atoms with Crippen LogP contribution >= 0.6 is 0 Å². The largest absolute Gasteiger partial charge is 0.489 e. The zero-order chi connectivity index (χ0) is 11.3. The van der Waals surface area contributed by atoms with Gasteiger partial charge in [-0.15, -0.1) is 0 Å². The number of hydrogen-bond donors (Lipinski definition) is 0. The number of aryl methyl sites for hydroxylation is 1. The Hall–Kier alpha value is -1.05. The Morgan fingerprint density at radius 2 is 2.00 bits per heavy atom. The fourth-order valence-corrected chi connectivity index (χ4v) is 1.24. The van der Waals surface area contributed by atoms with Crippen molar-refractivity contribution in [1.29, 1.82) is 0 Å². The van der Waals surface area contributed by atoms with Crippen molar-refractivity contribution in [3.05, 3.63) is 24.0 Å². The van der Waals surface area contributed by atoms with E-state index in [1.807, 2.05) is 18.3 Å². The molecule has 15 heavy (non-hydrogen) atoms. The average Bonchev–Trinajstić information content (AvgIpc) is 2.21. The van der Waals surface area contributed by atoms with Gasteiger partial charge in [0, 0.05) is 5.69 Å². The third-order valence-electron chi connectivity index (χ3n) is 2.56. The maximum Gasteiger partial charge on any atom is 0.138 e. The predicted octanol–water partition coefficient (Wildman–Crippen LogP) is 3.46. The second-order valence-corrected chi connectivity index (χ2v) is 4.30. The third kappa shape index (κ3) is 3.90. The molecule has 0 N–H and O–H groups in total. The minimum Gasteiger partial charge on any atom is -0.489 e. The lowest BCUT2D eigenvalue weighted by Gasteiger charge is -2.17. The van der Waals surface area contributed by atoms with Crippen LogP contribution in [-0.2, 0) is 6.42 Å². The highest BCUT2D eigenvalue weighted by molar-refractivity contribution is 5.20. The molecule has 1 atom stereocenters. The van der Waals surface area contributed by atoms with Crippen molar-refractivity contribution in [1.82, 2.24) is 4.98 Å². The Morgan fingerprint density at radius 1 is 1.27 bits per heavy atom. The topological polar surface area (TPSA) is 22.1 Å². The van der Waals surface area contributed by atoms with Gasteiger partial charge in [-0.1, -0.05) is 27.2 Å². The summed E-state index contributed by atoms with van der Waals surface area (Å²) in [6.45, 7) is 8.56. The van der Waals surface area contributed by atoms with E-state index in [2.05, 4.69) is 32.7 Å². The Labute approximate surface area is 92.7 Å². The molecule has 0 saturated heterocycles. The zero-order valence-electron chi connectivity index (χ0n) is 10.2. The SMILES string of the molecule is CCCc1ccc(OC(C)C(C)C)cn1. The minimum atomic E-state index is 0.240. The van der Waals surface area contributed by atoms with Crippen LogP contribution in [0.3, 0.4) is 0 Å². The van der Waals surface area contributed by atoms with Gasteiger partial charge in [-0.25, -0.2) is 0 Å². The van der Waals surface area contributed by atoms with Crippen molar-refractivity contribution in [2.24, 2.45) is 5.92 Å². The molecular weight excluding hydrogens is 186 g/mol. The Kier molecular flexibility index (Phi) is 4.60. The number of rotatable bonds is 5. The lowest BCUT2D eigenvalue weighted by molar-refractivity contribution is 0.170. The van der Waals surface area contributed by atoms with Gasteiger partial charge in [0.2, 0.25) is 0 Å². The predicted molar refractivity (Wildman–Crippen MR) is 63.2 cm³/mol. The summed E-state index contributed by atoms with van der Waals surface area (Å²) in [5, 5.41) is 0. The number of aromatic nitrogens is 1. The van der Waals surface area contributed by atoms with Crippen molar-refractivity contribution in [3.8, 4) is 5.75 Å². The van der Waals surface area contributed by atoms with Crippen molar-refractivity contribution in [3.63, 3.8) is 0 Å². The van der Waals surface area contributed by atoms with Crippen molar-refractivity contribution in [2.45, 2.75) is 46.6 Å². The molecule has 0 saturated carbocycles. The molecule has 1 aromatic rings. The molecule has 0 bridgehead atoms. The highest BCUT2D eigenvalue weighted by Gasteiger charge is 2.08. The zero-order valence-corrected chi connectivity index (χ0v) is 10.2. The van der Waals surface area contributed by atoms with E-state index in [0.29, 0.717) is 5.92 Å². The fourth-order valence-electron chi connectivity index (χ4n) is 1.24. The van der Waals surface area contributed by atoms with E-state index in [1.54, 1.807) is 0 Å². The first-order valence-corrected chi connectivity index (χ1v) is 5.75. The first-order valence-electron chi connectivity index (χ1n) is 5.75. The molecule has 0 aliphatic carbocycles. The number of ether oxygens (including phenoxy) is 1. The molecule has 84 valence electrons. The number of pyridine rings is 1. The smallest absolute Gasteiger partial charge is 0.138 e. The second-order valence-electron chi connectivity index (χ2n) is 4.30. The van der Waals surface area contributed by atoms with Crippen LogP contribution in [0.25, 0.3) is 0 Å². The lowest BCUT2D eigenvalue weighted by atomic mass is 10.1. The molecule has 2 heteroatoms. The van der Waals surface area contributed by atoms with Gasteiger partial charge in [0.05, 0.1) is 12.3 Å². The maximum atomic E-state index is 5.75. The van der Waals surface area contributed by atoms with Crippen LogP contribution in [-0.4, -0.2) is 11.1 Å². The van der Waals surface area contributed by atoms with E-state index in [0.717, 1.165) is 24.3 Å². The summed E-state index contributed by atoms with van der Waals surface area (Å²) in [5.74, 6) is 1.40. The molecule has 0 aliphatic rings. The van der Waals surface area contributed by atoms with E-state index >= 15 is 0 Å². The van der Waals surface area contributed by atoms with Crippen LogP contribution < -0.4 is 4.74 Å². The first-order chi connectivity index (χ1) is 7.13.